The van der Waals surface area contributed by atoms with E-state index in [1.54, 1.807) is 17.0 Å². The summed E-state index contributed by atoms with van der Waals surface area (Å²) < 4.78 is 5.56. The van der Waals surface area contributed by atoms with Gasteiger partial charge in [-0.2, -0.15) is 10.4 Å². The molecular weight excluding hydrogens is 392 g/mol. The number of carbonyl (C=O) groups excluding carboxylic acids is 1. The Morgan fingerprint density at radius 1 is 1.19 bits per heavy atom. The highest BCUT2D eigenvalue weighted by atomic mass is 16.6. The second-order valence-corrected chi connectivity index (χ2v) is 8.52. The van der Waals surface area contributed by atoms with Crippen LogP contribution in [-0.2, 0) is 4.74 Å². The SMILES string of the molecule is CC(C)(C)OC(=O)N1CCCC1c1cc(-c2cc(-c3cccc(C#N)c3)ncn2)n[nH]1. The molecule has 1 saturated heterocycles. The molecule has 0 saturated carbocycles. The maximum Gasteiger partial charge on any atom is 0.410 e. The third-order valence-corrected chi connectivity index (χ3v) is 5.05. The van der Waals surface area contributed by atoms with Gasteiger partial charge < -0.3 is 4.74 Å². The van der Waals surface area contributed by atoms with Gasteiger partial charge in [-0.3, -0.25) is 10.00 Å². The molecule has 1 atom stereocenters. The first kappa shape index (κ1) is 20.5. The number of nitrogens with one attached hydrogen (secondary N) is 1. The van der Waals surface area contributed by atoms with E-state index in [0.29, 0.717) is 29.2 Å². The largest absolute Gasteiger partial charge is 0.444 e. The number of amides is 1. The minimum Gasteiger partial charge on any atom is -0.444 e. The average molecular weight is 416 g/mol. The minimum atomic E-state index is -0.538. The van der Waals surface area contributed by atoms with Crippen LogP contribution in [0.5, 0.6) is 0 Å². The number of carbonyl (C=O) groups is 1. The van der Waals surface area contributed by atoms with Crippen LogP contribution >= 0.6 is 0 Å². The zero-order valence-electron chi connectivity index (χ0n) is 17.8. The maximum atomic E-state index is 12.6. The van der Waals surface area contributed by atoms with Gasteiger partial charge in [-0.15, -0.1) is 0 Å². The number of hydrogen-bond donors (Lipinski definition) is 1. The van der Waals surface area contributed by atoms with Crippen molar-refractivity contribution in [3.05, 3.63) is 54.0 Å². The lowest BCUT2D eigenvalue weighted by molar-refractivity contribution is 0.0221. The number of likely N-dealkylation sites (tertiary alicyclic amines) is 1. The van der Waals surface area contributed by atoms with Crippen LogP contribution < -0.4 is 0 Å². The fourth-order valence-electron chi connectivity index (χ4n) is 3.67. The zero-order valence-corrected chi connectivity index (χ0v) is 17.8. The Kier molecular flexibility index (Phi) is 5.42. The fraction of sp³-hybridized carbons (Fsp3) is 0.348. The standard InChI is InChI=1S/C23H24N6O2/c1-23(2,3)31-22(30)29-9-5-8-21(29)20-12-19(27-28-20)18-11-17(25-14-26-18)16-7-4-6-15(10-16)13-24/h4,6-7,10-12,14,21H,5,8-9H2,1-3H3,(H,27,28). The summed E-state index contributed by atoms with van der Waals surface area (Å²) in [7, 11) is 0. The summed E-state index contributed by atoms with van der Waals surface area (Å²) in [6.07, 6.45) is 2.93. The number of aromatic nitrogens is 4. The van der Waals surface area contributed by atoms with Gasteiger partial charge in [0, 0.05) is 12.1 Å². The summed E-state index contributed by atoms with van der Waals surface area (Å²) in [5.41, 5.74) is 3.77. The molecule has 1 aromatic carbocycles. The van der Waals surface area contributed by atoms with Gasteiger partial charge >= 0.3 is 6.09 Å². The molecule has 1 amide bonds. The molecule has 1 aliphatic heterocycles. The molecule has 3 heterocycles. The Morgan fingerprint density at radius 3 is 2.77 bits per heavy atom. The number of ether oxygens (including phenoxy) is 1. The van der Waals surface area contributed by atoms with Gasteiger partial charge in [-0.25, -0.2) is 14.8 Å². The predicted octanol–water partition coefficient (Wildman–Crippen LogP) is 4.48. The first-order chi connectivity index (χ1) is 14.8. The molecule has 158 valence electrons. The van der Waals surface area contributed by atoms with Crippen LogP contribution in [-0.4, -0.2) is 43.3 Å². The van der Waals surface area contributed by atoms with Crippen LogP contribution in [0.1, 0.15) is 50.9 Å². The van der Waals surface area contributed by atoms with E-state index in [4.69, 9.17) is 10.00 Å². The summed E-state index contributed by atoms with van der Waals surface area (Å²) >= 11 is 0. The molecule has 0 radical (unpaired) electrons. The quantitative estimate of drug-likeness (QED) is 0.674. The van der Waals surface area contributed by atoms with Gasteiger partial charge in [-0.05, 0) is 57.9 Å². The summed E-state index contributed by atoms with van der Waals surface area (Å²) in [5.74, 6) is 0. The smallest absolute Gasteiger partial charge is 0.410 e. The van der Waals surface area contributed by atoms with Crippen molar-refractivity contribution in [2.45, 2.75) is 45.3 Å². The van der Waals surface area contributed by atoms with Crippen molar-refractivity contribution in [1.82, 2.24) is 25.1 Å². The highest BCUT2D eigenvalue weighted by Gasteiger charge is 2.34. The molecule has 2 aromatic heterocycles. The van der Waals surface area contributed by atoms with E-state index in [1.165, 1.54) is 6.33 Å². The van der Waals surface area contributed by atoms with Crippen LogP contribution in [0.3, 0.4) is 0 Å². The number of H-pyrrole nitrogens is 1. The van der Waals surface area contributed by atoms with Gasteiger partial charge in [-0.1, -0.05) is 12.1 Å². The molecule has 1 fully saturated rings. The van der Waals surface area contributed by atoms with Crippen molar-refractivity contribution in [2.75, 3.05) is 6.54 Å². The van der Waals surface area contributed by atoms with Crippen molar-refractivity contribution in [3.63, 3.8) is 0 Å². The molecular formula is C23H24N6O2. The van der Waals surface area contributed by atoms with Crippen molar-refractivity contribution in [2.24, 2.45) is 0 Å². The summed E-state index contributed by atoms with van der Waals surface area (Å²) in [4.78, 5) is 23.0. The van der Waals surface area contributed by atoms with Crippen LogP contribution in [0, 0.1) is 11.3 Å². The van der Waals surface area contributed by atoms with E-state index in [9.17, 15) is 4.79 Å². The van der Waals surface area contributed by atoms with Crippen LogP contribution in [0.2, 0.25) is 0 Å². The Balaban J connectivity index is 1.58. The number of rotatable bonds is 3. The third kappa shape index (κ3) is 4.56. The van der Waals surface area contributed by atoms with Gasteiger partial charge in [0.15, 0.2) is 0 Å². The van der Waals surface area contributed by atoms with Crippen LogP contribution in [0.25, 0.3) is 22.6 Å². The molecule has 4 rings (SSSR count). The van der Waals surface area contributed by atoms with Crippen molar-refractivity contribution < 1.29 is 9.53 Å². The molecule has 0 bridgehead atoms. The van der Waals surface area contributed by atoms with Crippen molar-refractivity contribution in [1.29, 1.82) is 5.26 Å². The fourth-order valence-corrected chi connectivity index (χ4v) is 3.67. The van der Waals surface area contributed by atoms with E-state index in [0.717, 1.165) is 24.1 Å². The molecule has 3 aromatic rings. The molecule has 0 aliphatic carbocycles. The van der Waals surface area contributed by atoms with E-state index >= 15 is 0 Å². The molecule has 31 heavy (non-hydrogen) atoms. The Hall–Kier alpha value is -3.73. The first-order valence-corrected chi connectivity index (χ1v) is 10.2. The second kappa shape index (κ2) is 8.19. The van der Waals surface area contributed by atoms with Gasteiger partial charge in [0.2, 0.25) is 0 Å². The monoisotopic (exact) mass is 416 g/mol. The highest BCUT2D eigenvalue weighted by molar-refractivity contribution is 5.70. The van der Waals surface area contributed by atoms with Gasteiger partial charge in [0.25, 0.3) is 0 Å². The van der Waals surface area contributed by atoms with E-state index in [-0.39, 0.29) is 12.1 Å². The van der Waals surface area contributed by atoms with Crippen LogP contribution in [0.15, 0.2) is 42.7 Å². The summed E-state index contributed by atoms with van der Waals surface area (Å²) in [6, 6.07) is 13.1. The number of aromatic amines is 1. The second-order valence-electron chi connectivity index (χ2n) is 8.52. The lowest BCUT2D eigenvalue weighted by Crippen LogP contribution is -2.36. The Bertz CT molecular complexity index is 1140. The van der Waals surface area contributed by atoms with Gasteiger partial charge in [0.05, 0.1) is 34.8 Å². The Morgan fingerprint density at radius 2 is 2.00 bits per heavy atom. The average Bonchev–Trinajstić information content (AvgIpc) is 3.42. The molecule has 0 spiro atoms. The third-order valence-electron chi connectivity index (χ3n) is 5.05. The number of hydrogen-bond acceptors (Lipinski definition) is 6. The van der Waals surface area contributed by atoms with Gasteiger partial charge in [0.1, 0.15) is 17.6 Å². The molecule has 1 N–H and O–H groups in total. The lowest BCUT2D eigenvalue weighted by Gasteiger charge is -2.28. The van der Waals surface area contributed by atoms with E-state index in [2.05, 4.69) is 26.2 Å². The normalized spacial score (nSPS) is 16.2. The lowest BCUT2D eigenvalue weighted by atomic mass is 10.1. The molecule has 8 heteroatoms. The number of benzene rings is 1. The van der Waals surface area contributed by atoms with E-state index < -0.39 is 5.60 Å². The number of nitrogens with zero attached hydrogens (tertiary/aromatic N) is 5. The molecule has 8 nitrogen and oxygen atoms in total. The molecule has 1 unspecified atom stereocenters. The van der Waals surface area contributed by atoms with Crippen molar-refractivity contribution >= 4 is 6.09 Å². The van der Waals surface area contributed by atoms with E-state index in [1.807, 2.05) is 45.0 Å². The van der Waals surface area contributed by atoms with Crippen LogP contribution in [0.4, 0.5) is 4.79 Å². The zero-order chi connectivity index (χ0) is 22.0. The summed E-state index contributed by atoms with van der Waals surface area (Å²) in [6.45, 7) is 6.25. The molecule has 1 aliphatic rings. The maximum absolute atomic E-state index is 12.6. The topological polar surface area (TPSA) is 108 Å². The minimum absolute atomic E-state index is 0.107. The Labute approximate surface area is 180 Å². The highest BCUT2D eigenvalue weighted by Crippen LogP contribution is 2.34. The van der Waals surface area contributed by atoms with Crippen molar-refractivity contribution in [3.8, 4) is 28.7 Å². The predicted molar refractivity (Wildman–Crippen MR) is 115 cm³/mol. The summed E-state index contributed by atoms with van der Waals surface area (Å²) in [5, 5.41) is 16.6. The number of nitriles is 1. The first-order valence-electron chi connectivity index (χ1n) is 10.2.